The number of halogens is 1. The van der Waals surface area contributed by atoms with Gasteiger partial charge >= 0.3 is 6.03 Å². The molecule has 0 aliphatic rings. The number of urea groups is 1. The van der Waals surface area contributed by atoms with E-state index in [2.05, 4.69) is 10.6 Å². The van der Waals surface area contributed by atoms with E-state index in [-0.39, 0.29) is 6.03 Å². The minimum atomic E-state index is -0.136. The van der Waals surface area contributed by atoms with Crippen LogP contribution in [-0.4, -0.2) is 18.5 Å². The molecule has 0 radical (unpaired) electrons. The largest absolute Gasteiger partial charge is 0.338 e. The topological polar surface area (TPSA) is 41.1 Å². The van der Waals surface area contributed by atoms with Crippen molar-refractivity contribution in [1.29, 1.82) is 0 Å². The average Bonchev–Trinajstić information content (AvgIpc) is 2.68. The molecule has 1 rings (SSSR count). The molecule has 1 heterocycles. The third-order valence-electron chi connectivity index (χ3n) is 1.60. The van der Waals surface area contributed by atoms with Crippen molar-refractivity contribution in [2.24, 2.45) is 0 Å². The van der Waals surface area contributed by atoms with E-state index in [4.69, 9.17) is 11.6 Å². The van der Waals surface area contributed by atoms with Crippen molar-refractivity contribution in [3.63, 3.8) is 0 Å². The maximum Gasteiger partial charge on any atom is 0.315 e. The summed E-state index contributed by atoms with van der Waals surface area (Å²) >= 11 is 7.10. The van der Waals surface area contributed by atoms with E-state index in [0.29, 0.717) is 19.0 Å². The Morgan fingerprint density at radius 2 is 2.36 bits per heavy atom. The monoisotopic (exact) mass is 232 g/mol. The normalized spacial score (nSPS) is 9.79. The third kappa shape index (κ3) is 4.48. The van der Waals surface area contributed by atoms with Gasteiger partial charge in [0.05, 0.1) is 6.54 Å². The van der Waals surface area contributed by atoms with E-state index in [1.165, 1.54) is 0 Å². The highest BCUT2D eigenvalue weighted by molar-refractivity contribution is 7.09. The van der Waals surface area contributed by atoms with Gasteiger partial charge in [0.15, 0.2) is 0 Å². The highest BCUT2D eigenvalue weighted by Crippen LogP contribution is 2.06. The Morgan fingerprint density at radius 3 is 3.00 bits per heavy atom. The SMILES string of the molecule is O=C(NCCCCl)NCc1cccs1. The van der Waals surface area contributed by atoms with Crippen molar-refractivity contribution in [2.75, 3.05) is 12.4 Å². The smallest absolute Gasteiger partial charge is 0.315 e. The molecule has 3 nitrogen and oxygen atoms in total. The molecule has 0 fully saturated rings. The summed E-state index contributed by atoms with van der Waals surface area (Å²) in [6, 6.07) is 3.82. The zero-order valence-corrected chi connectivity index (χ0v) is 9.33. The maximum absolute atomic E-state index is 11.2. The summed E-state index contributed by atoms with van der Waals surface area (Å²) in [4.78, 5) is 12.3. The molecule has 5 heteroatoms. The predicted octanol–water partition coefficient (Wildman–Crippen LogP) is 2.18. The summed E-state index contributed by atoms with van der Waals surface area (Å²) in [7, 11) is 0. The molecule has 2 N–H and O–H groups in total. The molecule has 2 amide bonds. The van der Waals surface area contributed by atoms with Gasteiger partial charge in [-0.1, -0.05) is 6.07 Å². The van der Waals surface area contributed by atoms with Gasteiger partial charge < -0.3 is 10.6 Å². The van der Waals surface area contributed by atoms with Gasteiger partial charge in [-0.3, -0.25) is 0 Å². The Balaban J connectivity index is 2.09. The lowest BCUT2D eigenvalue weighted by Gasteiger charge is -2.05. The van der Waals surface area contributed by atoms with Gasteiger partial charge in [-0.2, -0.15) is 0 Å². The van der Waals surface area contributed by atoms with E-state index < -0.39 is 0 Å². The van der Waals surface area contributed by atoms with Crippen molar-refractivity contribution in [3.8, 4) is 0 Å². The molecule has 0 saturated heterocycles. The van der Waals surface area contributed by atoms with Crippen molar-refractivity contribution in [1.82, 2.24) is 10.6 Å². The lowest BCUT2D eigenvalue weighted by Crippen LogP contribution is -2.35. The van der Waals surface area contributed by atoms with Gasteiger partial charge in [0.2, 0.25) is 0 Å². The summed E-state index contributed by atoms with van der Waals surface area (Å²) in [6.07, 6.45) is 0.800. The fourth-order valence-corrected chi connectivity index (χ4v) is 1.69. The molecule has 1 aromatic heterocycles. The summed E-state index contributed by atoms with van der Waals surface area (Å²) in [5.41, 5.74) is 0. The van der Waals surface area contributed by atoms with Crippen LogP contribution in [0.3, 0.4) is 0 Å². The Morgan fingerprint density at radius 1 is 1.50 bits per heavy atom. The number of carbonyl (C=O) groups is 1. The number of alkyl halides is 1. The van der Waals surface area contributed by atoms with Crippen LogP contribution in [0.15, 0.2) is 17.5 Å². The van der Waals surface area contributed by atoms with Crippen LogP contribution >= 0.6 is 22.9 Å². The predicted molar refractivity (Wildman–Crippen MR) is 59.9 cm³/mol. The van der Waals surface area contributed by atoms with E-state index in [0.717, 1.165) is 11.3 Å². The van der Waals surface area contributed by atoms with Crippen LogP contribution < -0.4 is 10.6 Å². The number of hydrogen-bond acceptors (Lipinski definition) is 2. The third-order valence-corrected chi connectivity index (χ3v) is 2.74. The van der Waals surface area contributed by atoms with Crippen molar-refractivity contribution in [3.05, 3.63) is 22.4 Å². The second-order valence-corrected chi connectivity index (χ2v) is 4.14. The number of carbonyl (C=O) groups excluding carboxylic acids is 1. The summed E-state index contributed by atoms with van der Waals surface area (Å²) < 4.78 is 0. The lowest BCUT2D eigenvalue weighted by atomic mass is 10.4. The minimum absolute atomic E-state index is 0.136. The van der Waals surface area contributed by atoms with E-state index in [1.807, 2.05) is 17.5 Å². The molecule has 0 saturated carbocycles. The van der Waals surface area contributed by atoms with Crippen molar-refractivity contribution in [2.45, 2.75) is 13.0 Å². The van der Waals surface area contributed by atoms with Gasteiger partial charge in [-0.25, -0.2) is 4.79 Å². The standard InChI is InChI=1S/C9H13ClN2OS/c10-4-2-5-11-9(13)12-7-8-3-1-6-14-8/h1,3,6H,2,4-5,7H2,(H2,11,12,13). The second kappa shape index (κ2) is 6.68. The zero-order valence-electron chi connectivity index (χ0n) is 7.75. The Bertz CT molecular complexity index is 264. The zero-order chi connectivity index (χ0) is 10.2. The maximum atomic E-state index is 11.2. The lowest BCUT2D eigenvalue weighted by molar-refractivity contribution is 0.240. The molecular weight excluding hydrogens is 220 g/mol. The van der Waals surface area contributed by atoms with Crippen LogP contribution in [0.4, 0.5) is 4.79 Å². The molecule has 1 aromatic rings. The highest BCUT2D eigenvalue weighted by atomic mass is 35.5. The molecule has 0 unspecified atom stereocenters. The first kappa shape index (κ1) is 11.3. The van der Waals surface area contributed by atoms with Crippen LogP contribution in [0, 0.1) is 0 Å². The average molecular weight is 233 g/mol. The molecule has 0 aliphatic carbocycles. The first-order valence-electron chi connectivity index (χ1n) is 4.43. The number of amides is 2. The van der Waals surface area contributed by atoms with E-state index in [9.17, 15) is 4.79 Å². The minimum Gasteiger partial charge on any atom is -0.338 e. The van der Waals surface area contributed by atoms with Gasteiger partial charge in [-0.05, 0) is 17.9 Å². The van der Waals surface area contributed by atoms with Crippen LogP contribution in [0.2, 0.25) is 0 Å². The Kier molecular flexibility index (Phi) is 5.40. The van der Waals surface area contributed by atoms with Gasteiger partial charge in [0, 0.05) is 17.3 Å². The van der Waals surface area contributed by atoms with Crippen LogP contribution in [0.5, 0.6) is 0 Å². The fraction of sp³-hybridized carbons (Fsp3) is 0.444. The van der Waals surface area contributed by atoms with Crippen molar-refractivity contribution >= 4 is 29.0 Å². The number of nitrogens with one attached hydrogen (secondary N) is 2. The highest BCUT2D eigenvalue weighted by Gasteiger charge is 1.99. The number of thiophene rings is 1. The number of hydrogen-bond donors (Lipinski definition) is 2. The quantitative estimate of drug-likeness (QED) is 0.593. The van der Waals surface area contributed by atoms with E-state index >= 15 is 0 Å². The summed E-state index contributed by atoms with van der Waals surface area (Å²) in [5.74, 6) is 0.575. The van der Waals surface area contributed by atoms with Crippen molar-refractivity contribution < 1.29 is 4.79 Å². The van der Waals surface area contributed by atoms with Crippen LogP contribution in [0.25, 0.3) is 0 Å². The first-order chi connectivity index (χ1) is 6.83. The van der Waals surface area contributed by atoms with Gasteiger partial charge in [0.1, 0.15) is 0 Å². The Labute approximate surface area is 92.5 Å². The molecule has 14 heavy (non-hydrogen) atoms. The fourth-order valence-electron chi connectivity index (χ4n) is 0.912. The van der Waals surface area contributed by atoms with Gasteiger partial charge in [0.25, 0.3) is 0 Å². The second-order valence-electron chi connectivity index (χ2n) is 2.73. The summed E-state index contributed by atoms with van der Waals surface area (Å²) in [6.45, 7) is 1.21. The molecular formula is C9H13ClN2OS. The van der Waals surface area contributed by atoms with Crippen LogP contribution in [0.1, 0.15) is 11.3 Å². The molecule has 78 valence electrons. The molecule has 0 bridgehead atoms. The molecule has 0 aromatic carbocycles. The molecule has 0 atom stereocenters. The Hall–Kier alpha value is -0.740. The molecule has 0 spiro atoms. The number of rotatable bonds is 5. The van der Waals surface area contributed by atoms with E-state index in [1.54, 1.807) is 11.3 Å². The van der Waals surface area contributed by atoms with Crippen LogP contribution in [-0.2, 0) is 6.54 Å². The first-order valence-corrected chi connectivity index (χ1v) is 5.84. The summed E-state index contributed by atoms with van der Waals surface area (Å²) in [5, 5.41) is 7.47. The van der Waals surface area contributed by atoms with Gasteiger partial charge in [-0.15, -0.1) is 22.9 Å². The molecule has 0 aliphatic heterocycles.